The van der Waals surface area contributed by atoms with E-state index in [0.717, 1.165) is 18.3 Å². The van der Waals surface area contributed by atoms with Crippen molar-refractivity contribution >= 4 is 11.6 Å². The van der Waals surface area contributed by atoms with E-state index in [4.69, 9.17) is 11.6 Å². The van der Waals surface area contributed by atoms with E-state index in [-0.39, 0.29) is 0 Å². The molecular weight excluding hydrogens is 204 g/mol. The van der Waals surface area contributed by atoms with E-state index in [1.165, 1.54) is 19.3 Å². The van der Waals surface area contributed by atoms with Crippen LogP contribution in [0.15, 0.2) is 24.8 Å². The molecule has 1 heteroatoms. The van der Waals surface area contributed by atoms with Gasteiger partial charge in [0.15, 0.2) is 0 Å². The summed E-state index contributed by atoms with van der Waals surface area (Å²) in [5.74, 6) is 2.20. The Kier molecular flexibility index (Phi) is 4.92. The van der Waals surface area contributed by atoms with Crippen LogP contribution in [0, 0.1) is 17.3 Å². The molecule has 0 spiro atoms. The lowest BCUT2D eigenvalue weighted by molar-refractivity contribution is 0.355. The molecule has 0 saturated heterocycles. The van der Waals surface area contributed by atoms with Gasteiger partial charge in [0.1, 0.15) is 0 Å². The maximum Gasteiger partial charge on any atom is 0.0404 e. The molecule has 0 unspecified atom stereocenters. The van der Waals surface area contributed by atoms with Crippen LogP contribution in [0.4, 0.5) is 0 Å². The Morgan fingerprint density at radius 2 is 2.07 bits per heavy atom. The fourth-order valence-electron chi connectivity index (χ4n) is 2.83. The Morgan fingerprint density at radius 3 is 2.67 bits per heavy atom. The van der Waals surface area contributed by atoms with Crippen LogP contribution in [0.25, 0.3) is 0 Å². The molecule has 1 aliphatic rings. The summed E-state index contributed by atoms with van der Waals surface area (Å²) >= 11 is 5.60. The van der Waals surface area contributed by atoms with Gasteiger partial charge >= 0.3 is 0 Å². The van der Waals surface area contributed by atoms with Crippen molar-refractivity contribution in [2.24, 2.45) is 17.3 Å². The SMILES string of the molecule is C=C[C@H]1CC(C)(C)C[C@@H]1CC/C=C/CCl. The molecule has 0 heterocycles. The third-order valence-corrected chi connectivity index (χ3v) is 3.65. The Bertz CT molecular complexity index is 227. The standard InChI is InChI=1S/C14H23Cl/c1-4-12-10-14(2,3)11-13(12)8-6-5-7-9-15/h4-5,7,12-13H,1,6,8-11H2,2-3H3/b7-5+/t12-,13-/m0/s1. The number of hydrogen-bond donors (Lipinski definition) is 0. The minimum Gasteiger partial charge on any atom is -0.122 e. The molecule has 0 nitrogen and oxygen atoms in total. The molecule has 15 heavy (non-hydrogen) atoms. The average molecular weight is 227 g/mol. The highest BCUT2D eigenvalue weighted by molar-refractivity contribution is 6.18. The second-order valence-electron chi connectivity index (χ2n) is 5.44. The van der Waals surface area contributed by atoms with Crippen LogP contribution in [0.5, 0.6) is 0 Å². The predicted octanol–water partition coefficient (Wildman–Crippen LogP) is 4.80. The van der Waals surface area contributed by atoms with Crippen molar-refractivity contribution in [3.63, 3.8) is 0 Å². The van der Waals surface area contributed by atoms with Crippen LogP contribution >= 0.6 is 11.6 Å². The second-order valence-corrected chi connectivity index (χ2v) is 5.74. The fourth-order valence-corrected chi connectivity index (χ4v) is 2.96. The average Bonchev–Trinajstić information content (AvgIpc) is 2.48. The Labute approximate surface area is 99.4 Å². The Morgan fingerprint density at radius 1 is 1.33 bits per heavy atom. The number of allylic oxidation sites excluding steroid dienone is 3. The van der Waals surface area contributed by atoms with E-state index < -0.39 is 0 Å². The van der Waals surface area contributed by atoms with Gasteiger partial charge in [0.2, 0.25) is 0 Å². The number of rotatable bonds is 5. The van der Waals surface area contributed by atoms with Crippen molar-refractivity contribution in [3.8, 4) is 0 Å². The summed E-state index contributed by atoms with van der Waals surface area (Å²) in [6, 6.07) is 0. The molecule has 0 aliphatic heterocycles. The quantitative estimate of drug-likeness (QED) is 0.467. The minimum absolute atomic E-state index is 0.514. The monoisotopic (exact) mass is 226 g/mol. The molecule has 1 aliphatic carbocycles. The van der Waals surface area contributed by atoms with Gasteiger partial charge in [0, 0.05) is 5.88 Å². The maximum absolute atomic E-state index is 5.60. The van der Waals surface area contributed by atoms with Gasteiger partial charge in [-0.3, -0.25) is 0 Å². The first-order valence-electron chi connectivity index (χ1n) is 5.92. The number of alkyl halides is 1. The van der Waals surface area contributed by atoms with E-state index in [1.807, 2.05) is 6.08 Å². The lowest BCUT2D eigenvalue weighted by atomic mass is 9.89. The van der Waals surface area contributed by atoms with E-state index in [1.54, 1.807) is 0 Å². The molecule has 1 saturated carbocycles. The van der Waals surface area contributed by atoms with Crippen molar-refractivity contribution in [2.75, 3.05) is 5.88 Å². The first-order chi connectivity index (χ1) is 7.09. The molecule has 0 N–H and O–H groups in total. The molecule has 1 fully saturated rings. The molecule has 0 aromatic carbocycles. The third-order valence-electron chi connectivity index (χ3n) is 3.47. The van der Waals surface area contributed by atoms with E-state index in [0.29, 0.717) is 11.3 Å². The Hall–Kier alpha value is -0.230. The van der Waals surface area contributed by atoms with Crippen molar-refractivity contribution in [1.82, 2.24) is 0 Å². The van der Waals surface area contributed by atoms with Gasteiger partial charge in [-0.05, 0) is 42.9 Å². The highest BCUT2D eigenvalue weighted by atomic mass is 35.5. The third kappa shape index (κ3) is 4.03. The van der Waals surface area contributed by atoms with E-state index in [2.05, 4.69) is 32.6 Å². The van der Waals surface area contributed by atoms with Gasteiger partial charge in [-0.1, -0.05) is 32.1 Å². The molecule has 2 atom stereocenters. The summed E-state index contributed by atoms with van der Waals surface area (Å²) in [6.45, 7) is 8.71. The molecule has 1 rings (SSSR count). The van der Waals surface area contributed by atoms with Crippen LogP contribution in [-0.4, -0.2) is 5.88 Å². The highest BCUT2D eigenvalue weighted by Crippen LogP contribution is 2.47. The van der Waals surface area contributed by atoms with Crippen molar-refractivity contribution in [1.29, 1.82) is 0 Å². The van der Waals surface area contributed by atoms with Crippen LogP contribution < -0.4 is 0 Å². The van der Waals surface area contributed by atoms with Crippen molar-refractivity contribution in [2.45, 2.75) is 39.5 Å². The zero-order valence-corrected chi connectivity index (χ0v) is 10.8. The number of hydrogen-bond acceptors (Lipinski definition) is 0. The van der Waals surface area contributed by atoms with Crippen LogP contribution in [0.3, 0.4) is 0 Å². The van der Waals surface area contributed by atoms with E-state index in [9.17, 15) is 0 Å². The first kappa shape index (κ1) is 12.8. The van der Waals surface area contributed by atoms with Crippen LogP contribution in [-0.2, 0) is 0 Å². The second kappa shape index (κ2) is 5.75. The summed E-state index contributed by atoms with van der Waals surface area (Å²) in [5, 5.41) is 0. The van der Waals surface area contributed by atoms with Crippen LogP contribution in [0.2, 0.25) is 0 Å². The first-order valence-corrected chi connectivity index (χ1v) is 6.46. The van der Waals surface area contributed by atoms with Crippen LogP contribution in [0.1, 0.15) is 39.5 Å². The van der Waals surface area contributed by atoms with Gasteiger partial charge in [0.05, 0.1) is 0 Å². The zero-order valence-electron chi connectivity index (χ0n) is 10.0. The molecule has 0 amide bonds. The van der Waals surface area contributed by atoms with Crippen molar-refractivity contribution in [3.05, 3.63) is 24.8 Å². The predicted molar refractivity (Wildman–Crippen MR) is 69.3 cm³/mol. The molecule has 0 aromatic heterocycles. The molecule has 0 radical (unpaired) electrons. The van der Waals surface area contributed by atoms with Gasteiger partial charge < -0.3 is 0 Å². The van der Waals surface area contributed by atoms with Gasteiger partial charge in [-0.25, -0.2) is 0 Å². The normalized spacial score (nSPS) is 29.8. The van der Waals surface area contributed by atoms with Crippen molar-refractivity contribution < 1.29 is 0 Å². The topological polar surface area (TPSA) is 0 Å². The minimum atomic E-state index is 0.514. The zero-order chi connectivity index (χ0) is 11.3. The summed E-state index contributed by atoms with van der Waals surface area (Å²) in [5.41, 5.74) is 0.514. The molecular formula is C14H23Cl. The largest absolute Gasteiger partial charge is 0.122 e. The van der Waals surface area contributed by atoms with Gasteiger partial charge in [0.25, 0.3) is 0 Å². The van der Waals surface area contributed by atoms with Gasteiger partial charge in [-0.15, -0.1) is 18.2 Å². The smallest absolute Gasteiger partial charge is 0.0404 e. The molecule has 86 valence electrons. The summed E-state index contributed by atoms with van der Waals surface area (Å²) in [4.78, 5) is 0. The Balaban J connectivity index is 2.40. The fraction of sp³-hybridized carbons (Fsp3) is 0.714. The lowest BCUT2D eigenvalue weighted by Gasteiger charge is -2.16. The number of halogens is 1. The van der Waals surface area contributed by atoms with E-state index >= 15 is 0 Å². The summed E-state index contributed by atoms with van der Waals surface area (Å²) in [6.07, 6.45) is 11.5. The summed E-state index contributed by atoms with van der Waals surface area (Å²) in [7, 11) is 0. The lowest BCUT2D eigenvalue weighted by Crippen LogP contribution is -2.05. The van der Waals surface area contributed by atoms with Gasteiger partial charge in [-0.2, -0.15) is 0 Å². The highest BCUT2D eigenvalue weighted by Gasteiger charge is 2.36. The maximum atomic E-state index is 5.60. The molecule has 0 bridgehead atoms. The molecule has 0 aromatic rings. The summed E-state index contributed by atoms with van der Waals surface area (Å²) < 4.78 is 0.